The zero-order chi connectivity index (χ0) is 17.9. The lowest BCUT2D eigenvalue weighted by Crippen LogP contribution is -2.41. The SMILES string of the molecule is C=CCCCC.CCCOC1(C)C=CC(C(=O)O)=CC1C(=O)O. The van der Waals surface area contributed by atoms with Crippen LogP contribution >= 0.6 is 0 Å². The van der Waals surface area contributed by atoms with Crippen molar-refractivity contribution in [3.8, 4) is 0 Å². The molecule has 5 heteroatoms. The van der Waals surface area contributed by atoms with E-state index in [0.717, 1.165) is 6.42 Å². The molecule has 1 aliphatic rings. The molecular formula is C18H28O5. The fourth-order valence-electron chi connectivity index (χ4n) is 2.03. The van der Waals surface area contributed by atoms with Crippen LogP contribution in [0.25, 0.3) is 0 Å². The largest absolute Gasteiger partial charge is 0.481 e. The lowest BCUT2D eigenvalue weighted by Gasteiger charge is -2.33. The number of carboxylic acid groups (broad SMARTS) is 2. The molecule has 5 nitrogen and oxygen atoms in total. The zero-order valence-electron chi connectivity index (χ0n) is 14.2. The van der Waals surface area contributed by atoms with Gasteiger partial charge in [-0.1, -0.05) is 44.9 Å². The third-order valence-electron chi connectivity index (χ3n) is 3.45. The highest BCUT2D eigenvalue weighted by atomic mass is 16.5. The summed E-state index contributed by atoms with van der Waals surface area (Å²) in [6.45, 7) is 9.78. The molecule has 0 saturated heterocycles. The Morgan fingerprint density at radius 2 is 2.00 bits per heavy atom. The van der Waals surface area contributed by atoms with Gasteiger partial charge in [0.15, 0.2) is 0 Å². The summed E-state index contributed by atoms with van der Waals surface area (Å²) in [6, 6.07) is 0. The molecule has 0 heterocycles. The Bertz CT molecular complexity index is 464. The number of hydrogen-bond donors (Lipinski definition) is 2. The van der Waals surface area contributed by atoms with Crippen LogP contribution in [0.1, 0.15) is 46.5 Å². The summed E-state index contributed by atoms with van der Waals surface area (Å²) in [4.78, 5) is 21.9. The monoisotopic (exact) mass is 324 g/mol. The number of allylic oxidation sites excluding steroid dienone is 1. The van der Waals surface area contributed by atoms with Gasteiger partial charge in [-0.05, 0) is 25.8 Å². The van der Waals surface area contributed by atoms with Crippen molar-refractivity contribution in [3.63, 3.8) is 0 Å². The summed E-state index contributed by atoms with van der Waals surface area (Å²) in [5.74, 6) is -3.21. The molecule has 23 heavy (non-hydrogen) atoms. The Morgan fingerprint density at radius 1 is 1.35 bits per heavy atom. The Morgan fingerprint density at radius 3 is 2.39 bits per heavy atom. The molecule has 0 aromatic rings. The van der Waals surface area contributed by atoms with Crippen molar-refractivity contribution in [2.45, 2.75) is 52.1 Å². The maximum atomic E-state index is 11.1. The Hall–Kier alpha value is -1.88. The Labute approximate surface area is 138 Å². The van der Waals surface area contributed by atoms with Gasteiger partial charge in [-0.15, -0.1) is 6.58 Å². The van der Waals surface area contributed by atoms with Gasteiger partial charge in [-0.2, -0.15) is 0 Å². The van der Waals surface area contributed by atoms with Gasteiger partial charge in [-0.3, -0.25) is 4.79 Å². The summed E-state index contributed by atoms with van der Waals surface area (Å²) in [7, 11) is 0. The van der Waals surface area contributed by atoms with Crippen LogP contribution in [-0.2, 0) is 14.3 Å². The van der Waals surface area contributed by atoms with E-state index in [1.807, 2.05) is 13.0 Å². The van der Waals surface area contributed by atoms with E-state index in [0.29, 0.717) is 6.61 Å². The molecule has 0 aliphatic heterocycles. The molecule has 0 radical (unpaired) electrons. The lowest BCUT2D eigenvalue weighted by molar-refractivity contribution is -0.148. The number of rotatable bonds is 8. The quantitative estimate of drug-likeness (QED) is 0.524. The van der Waals surface area contributed by atoms with Crippen LogP contribution in [0.15, 0.2) is 36.5 Å². The fourth-order valence-corrected chi connectivity index (χ4v) is 2.03. The van der Waals surface area contributed by atoms with Crippen molar-refractivity contribution in [2.24, 2.45) is 5.92 Å². The first-order valence-electron chi connectivity index (χ1n) is 7.94. The minimum atomic E-state index is -1.13. The Balaban J connectivity index is 0.000000688. The molecule has 1 rings (SSSR count). The topological polar surface area (TPSA) is 83.8 Å². The van der Waals surface area contributed by atoms with Crippen LogP contribution < -0.4 is 0 Å². The Kier molecular flexibility index (Phi) is 9.90. The van der Waals surface area contributed by atoms with Crippen molar-refractivity contribution >= 4 is 11.9 Å². The summed E-state index contributed by atoms with van der Waals surface area (Å²) in [6.07, 6.45) is 10.6. The molecule has 0 bridgehead atoms. The highest BCUT2D eigenvalue weighted by molar-refractivity contribution is 5.92. The molecule has 0 aromatic carbocycles. The van der Waals surface area contributed by atoms with Crippen LogP contribution in [0.2, 0.25) is 0 Å². The summed E-state index contributed by atoms with van der Waals surface area (Å²) < 4.78 is 5.52. The van der Waals surface area contributed by atoms with Gasteiger partial charge < -0.3 is 14.9 Å². The predicted octanol–water partition coefficient (Wildman–Crippen LogP) is 3.82. The van der Waals surface area contributed by atoms with Crippen LogP contribution in [0.5, 0.6) is 0 Å². The number of ether oxygens (including phenoxy) is 1. The van der Waals surface area contributed by atoms with Gasteiger partial charge in [0, 0.05) is 6.61 Å². The third-order valence-corrected chi connectivity index (χ3v) is 3.45. The number of carbonyl (C=O) groups is 2. The van der Waals surface area contributed by atoms with Gasteiger partial charge >= 0.3 is 11.9 Å². The standard InChI is InChI=1S/C12H16O5.C6H12/c1-3-6-17-12(2)5-4-8(10(13)14)7-9(12)11(15)16;1-3-5-6-4-2/h4-5,7,9H,3,6H2,1-2H3,(H,13,14)(H,15,16);3H,1,4-6H2,2H3. The lowest BCUT2D eigenvalue weighted by atomic mass is 9.82. The minimum Gasteiger partial charge on any atom is -0.481 e. The molecule has 0 amide bonds. The summed E-state index contributed by atoms with van der Waals surface area (Å²) in [5.41, 5.74) is -1.00. The van der Waals surface area contributed by atoms with Gasteiger partial charge in [0.05, 0.1) is 5.57 Å². The van der Waals surface area contributed by atoms with Gasteiger partial charge in [0.25, 0.3) is 0 Å². The molecular weight excluding hydrogens is 296 g/mol. The second kappa shape index (κ2) is 10.8. The van der Waals surface area contributed by atoms with E-state index in [4.69, 9.17) is 14.9 Å². The van der Waals surface area contributed by atoms with Gasteiger partial charge in [0.1, 0.15) is 11.5 Å². The second-order valence-corrected chi connectivity index (χ2v) is 5.54. The summed E-state index contributed by atoms with van der Waals surface area (Å²) >= 11 is 0. The number of carboxylic acids is 2. The molecule has 0 fully saturated rings. The fraction of sp³-hybridized carbons (Fsp3) is 0.556. The van der Waals surface area contributed by atoms with E-state index in [1.165, 1.54) is 37.5 Å². The van der Waals surface area contributed by atoms with Crippen molar-refractivity contribution in [2.75, 3.05) is 6.61 Å². The maximum Gasteiger partial charge on any atom is 0.335 e. The van der Waals surface area contributed by atoms with Crippen molar-refractivity contribution < 1.29 is 24.5 Å². The van der Waals surface area contributed by atoms with E-state index in [9.17, 15) is 9.59 Å². The molecule has 2 atom stereocenters. The van der Waals surface area contributed by atoms with Crippen LogP contribution in [0.4, 0.5) is 0 Å². The van der Waals surface area contributed by atoms with Crippen molar-refractivity contribution in [3.05, 3.63) is 36.5 Å². The maximum absolute atomic E-state index is 11.1. The summed E-state index contributed by atoms with van der Waals surface area (Å²) in [5, 5.41) is 18.0. The molecule has 130 valence electrons. The van der Waals surface area contributed by atoms with E-state index < -0.39 is 23.5 Å². The molecule has 1 aliphatic carbocycles. The molecule has 0 spiro atoms. The first-order chi connectivity index (χ1) is 10.8. The smallest absolute Gasteiger partial charge is 0.335 e. The second-order valence-electron chi connectivity index (χ2n) is 5.54. The normalized spacial score (nSPS) is 22.6. The molecule has 2 unspecified atom stereocenters. The molecule has 0 aromatic heterocycles. The molecule has 2 N–H and O–H groups in total. The number of hydrogen-bond acceptors (Lipinski definition) is 3. The third kappa shape index (κ3) is 7.28. The zero-order valence-corrected chi connectivity index (χ0v) is 14.2. The number of unbranched alkanes of at least 4 members (excludes halogenated alkanes) is 2. The van der Waals surface area contributed by atoms with E-state index >= 15 is 0 Å². The highest BCUT2D eigenvalue weighted by Gasteiger charge is 2.39. The highest BCUT2D eigenvalue weighted by Crippen LogP contribution is 2.31. The van der Waals surface area contributed by atoms with E-state index in [-0.39, 0.29) is 5.57 Å². The average molecular weight is 324 g/mol. The average Bonchev–Trinajstić information content (AvgIpc) is 2.51. The predicted molar refractivity (Wildman–Crippen MR) is 90.4 cm³/mol. The van der Waals surface area contributed by atoms with E-state index in [1.54, 1.807) is 6.92 Å². The van der Waals surface area contributed by atoms with Crippen molar-refractivity contribution in [1.29, 1.82) is 0 Å². The first kappa shape index (κ1) is 21.1. The van der Waals surface area contributed by atoms with Crippen molar-refractivity contribution in [1.82, 2.24) is 0 Å². The molecule has 0 saturated carbocycles. The van der Waals surface area contributed by atoms with Crippen LogP contribution in [-0.4, -0.2) is 34.4 Å². The van der Waals surface area contributed by atoms with Gasteiger partial charge in [0.2, 0.25) is 0 Å². The van der Waals surface area contributed by atoms with Gasteiger partial charge in [-0.25, -0.2) is 4.79 Å². The van der Waals surface area contributed by atoms with Crippen LogP contribution in [0, 0.1) is 5.92 Å². The van der Waals surface area contributed by atoms with E-state index in [2.05, 4.69) is 13.5 Å². The number of aliphatic carboxylic acids is 2. The minimum absolute atomic E-state index is 0.0185. The van der Waals surface area contributed by atoms with Crippen LogP contribution in [0.3, 0.4) is 0 Å². The first-order valence-corrected chi connectivity index (χ1v) is 7.94.